The number of carbonyl (C=O) groups is 3. The molecule has 3 nitrogen and oxygen atoms in total. The van der Waals surface area contributed by atoms with Gasteiger partial charge in [0.25, 0.3) is 0 Å². The van der Waals surface area contributed by atoms with Crippen molar-refractivity contribution in [3.8, 4) is 11.1 Å². The average Bonchev–Trinajstić information content (AvgIpc) is 2.96. The lowest BCUT2D eigenvalue weighted by Crippen LogP contribution is -2.11. The molecule has 0 amide bonds. The minimum Gasteiger partial charge on any atom is -0.295 e. The Bertz CT molecular complexity index is 1120. The van der Waals surface area contributed by atoms with Gasteiger partial charge in [-0.15, -0.1) is 0 Å². The summed E-state index contributed by atoms with van der Waals surface area (Å²) in [6, 6.07) is 18.3. The number of ketones is 3. The van der Waals surface area contributed by atoms with E-state index in [0.29, 0.717) is 22.3 Å². The Labute approximate surface area is 157 Å². The van der Waals surface area contributed by atoms with Crippen LogP contribution in [-0.2, 0) is 6.42 Å². The lowest BCUT2D eigenvalue weighted by molar-refractivity contribution is 0.0975. The molecule has 0 saturated heterocycles. The zero-order valence-corrected chi connectivity index (χ0v) is 15.2. The van der Waals surface area contributed by atoms with E-state index in [1.54, 1.807) is 24.3 Å². The zero-order valence-electron chi connectivity index (χ0n) is 15.2. The molecule has 0 spiro atoms. The summed E-state index contributed by atoms with van der Waals surface area (Å²) < 4.78 is 0. The minimum atomic E-state index is -0.114. The fraction of sp³-hybridized carbons (Fsp3) is 0.125. The van der Waals surface area contributed by atoms with E-state index in [2.05, 4.69) is 0 Å². The highest BCUT2D eigenvalue weighted by atomic mass is 16.1. The van der Waals surface area contributed by atoms with Gasteiger partial charge >= 0.3 is 0 Å². The molecule has 1 aliphatic rings. The summed E-state index contributed by atoms with van der Waals surface area (Å²) in [5.74, 6) is -0.233. The van der Waals surface area contributed by atoms with Crippen molar-refractivity contribution in [1.29, 1.82) is 0 Å². The summed E-state index contributed by atoms with van der Waals surface area (Å²) >= 11 is 0. The van der Waals surface area contributed by atoms with Crippen molar-refractivity contribution in [1.82, 2.24) is 0 Å². The van der Waals surface area contributed by atoms with Gasteiger partial charge < -0.3 is 0 Å². The zero-order chi connectivity index (χ0) is 19.1. The Kier molecular flexibility index (Phi) is 4.08. The summed E-state index contributed by atoms with van der Waals surface area (Å²) in [4.78, 5) is 37.7. The molecule has 0 atom stereocenters. The highest BCUT2D eigenvalue weighted by Crippen LogP contribution is 2.38. The van der Waals surface area contributed by atoms with Crippen molar-refractivity contribution < 1.29 is 14.4 Å². The molecular weight excluding hydrogens is 336 g/mol. The molecule has 0 bridgehead atoms. The second-order valence-corrected chi connectivity index (χ2v) is 6.85. The van der Waals surface area contributed by atoms with Gasteiger partial charge in [0.05, 0.1) is 0 Å². The van der Waals surface area contributed by atoms with Gasteiger partial charge in [0.15, 0.2) is 17.3 Å². The number of carbonyl (C=O) groups excluding carboxylic acids is 3. The standard InChI is InChI=1S/C24H18O3/c1-14-16(7-5-10-17(14)15(2)25)13-22(26)21-12-6-11-19-18-8-3-4-9-20(18)24(27)23(19)21/h3-12H,13H2,1-2H3. The maximum absolute atomic E-state index is 13.1. The maximum Gasteiger partial charge on any atom is 0.195 e. The van der Waals surface area contributed by atoms with Crippen molar-refractivity contribution in [3.63, 3.8) is 0 Å². The van der Waals surface area contributed by atoms with Crippen LogP contribution in [0.5, 0.6) is 0 Å². The minimum absolute atomic E-state index is 0.0203. The Morgan fingerprint density at radius 2 is 1.41 bits per heavy atom. The number of benzene rings is 3. The van der Waals surface area contributed by atoms with Crippen molar-refractivity contribution in [2.75, 3.05) is 0 Å². The second kappa shape index (κ2) is 6.44. The van der Waals surface area contributed by atoms with Crippen LogP contribution in [0.2, 0.25) is 0 Å². The molecule has 3 aromatic carbocycles. The van der Waals surface area contributed by atoms with Gasteiger partial charge in [-0.25, -0.2) is 0 Å². The monoisotopic (exact) mass is 354 g/mol. The first-order chi connectivity index (χ1) is 13.0. The quantitative estimate of drug-likeness (QED) is 0.493. The highest BCUT2D eigenvalue weighted by molar-refractivity contribution is 6.26. The van der Waals surface area contributed by atoms with Crippen molar-refractivity contribution >= 4 is 17.3 Å². The molecule has 0 heterocycles. The first kappa shape index (κ1) is 17.1. The van der Waals surface area contributed by atoms with Crippen LogP contribution in [0.25, 0.3) is 11.1 Å². The molecule has 4 rings (SSSR count). The predicted molar refractivity (Wildman–Crippen MR) is 105 cm³/mol. The molecule has 132 valence electrons. The maximum atomic E-state index is 13.1. The Hall–Kier alpha value is -3.33. The summed E-state index contributed by atoms with van der Waals surface area (Å²) in [7, 11) is 0. The third-order valence-corrected chi connectivity index (χ3v) is 5.23. The largest absolute Gasteiger partial charge is 0.295 e. The third-order valence-electron chi connectivity index (χ3n) is 5.23. The molecular formula is C24H18O3. The van der Waals surface area contributed by atoms with E-state index >= 15 is 0 Å². The lowest BCUT2D eigenvalue weighted by atomic mass is 9.91. The fourth-order valence-corrected chi connectivity index (χ4v) is 3.83. The average molecular weight is 354 g/mol. The molecule has 0 fully saturated rings. The van der Waals surface area contributed by atoms with Gasteiger partial charge in [0.1, 0.15) is 0 Å². The highest BCUT2D eigenvalue weighted by Gasteiger charge is 2.30. The summed E-state index contributed by atoms with van der Waals surface area (Å²) in [5, 5.41) is 0. The normalized spacial score (nSPS) is 11.9. The Balaban J connectivity index is 1.75. The van der Waals surface area contributed by atoms with Gasteiger partial charge in [-0.3, -0.25) is 14.4 Å². The molecule has 0 radical (unpaired) electrons. The van der Waals surface area contributed by atoms with E-state index in [0.717, 1.165) is 22.3 Å². The van der Waals surface area contributed by atoms with Crippen LogP contribution in [0.3, 0.4) is 0 Å². The van der Waals surface area contributed by atoms with E-state index in [1.807, 2.05) is 43.3 Å². The van der Waals surface area contributed by atoms with Gasteiger partial charge in [-0.05, 0) is 36.1 Å². The number of hydrogen-bond acceptors (Lipinski definition) is 3. The second-order valence-electron chi connectivity index (χ2n) is 6.85. The number of Topliss-reactive ketones (excluding diaryl/α,β-unsaturated/α-hetero) is 2. The van der Waals surface area contributed by atoms with Gasteiger partial charge in [0.2, 0.25) is 0 Å². The molecule has 27 heavy (non-hydrogen) atoms. The van der Waals surface area contributed by atoms with Crippen LogP contribution in [0.15, 0.2) is 60.7 Å². The van der Waals surface area contributed by atoms with E-state index in [9.17, 15) is 14.4 Å². The molecule has 0 aromatic heterocycles. The first-order valence-corrected chi connectivity index (χ1v) is 8.88. The van der Waals surface area contributed by atoms with E-state index < -0.39 is 0 Å². The van der Waals surface area contributed by atoms with Crippen molar-refractivity contribution in [3.05, 3.63) is 94.0 Å². The SMILES string of the molecule is CC(=O)c1cccc(CC(=O)c2cccc3c2C(=O)c2ccccc2-3)c1C. The van der Waals surface area contributed by atoms with Crippen LogP contribution in [0, 0.1) is 6.92 Å². The van der Waals surface area contributed by atoms with Gasteiger partial charge in [-0.1, -0.05) is 60.7 Å². The number of rotatable bonds is 4. The number of fused-ring (bicyclic) bond motifs is 3. The Morgan fingerprint density at radius 3 is 2.15 bits per heavy atom. The molecule has 3 aromatic rings. The van der Waals surface area contributed by atoms with Crippen LogP contribution in [-0.4, -0.2) is 17.3 Å². The Morgan fingerprint density at radius 1 is 0.778 bits per heavy atom. The first-order valence-electron chi connectivity index (χ1n) is 8.88. The summed E-state index contributed by atoms with van der Waals surface area (Å²) in [6.45, 7) is 3.38. The topological polar surface area (TPSA) is 51.2 Å². The predicted octanol–water partition coefficient (Wildman–Crippen LogP) is 4.83. The van der Waals surface area contributed by atoms with Crippen LogP contribution >= 0.6 is 0 Å². The lowest BCUT2D eigenvalue weighted by Gasteiger charge is -2.11. The van der Waals surface area contributed by atoms with Crippen molar-refractivity contribution in [2.45, 2.75) is 20.3 Å². The molecule has 0 N–H and O–H groups in total. The van der Waals surface area contributed by atoms with E-state index in [-0.39, 0.29) is 23.8 Å². The molecule has 1 aliphatic carbocycles. The fourth-order valence-electron chi connectivity index (χ4n) is 3.83. The van der Waals surface area contributed by atoms with Gasteiger partial charge in [-0.2, -0.15) is 0 Å². The van der Waals surface area contributed by atoms with Crippen molar-refractivity contribution in [2.24, 2.45) is 0 Å². The number of hydrogen-bond donors (Lipinski definition) is 0. The van der Waals surface area contributed by atoms with Crippen LogP contribution in [0.1, 0.15) is 54.7 Å². The van der Waals surface area contributed by atoms with Crippen LogP contribution < -0.4 is 0 Å². The van der Waals surface area contributed by atoms with Gasteiger partial charge in [0, 0.05) is 28.7 Å². The van der Waals surface area contributed by atoms with E-state index in [4.69, 9.17) is 0 Å². The molecule has 0 aliphatic heterocycles. The smallest absolute Gasteiger partial charge is 0.195 e. The van der Waals surface area contributed by atoms with E-state index in [1.165, 1.54) is 6.92 Å². The summed E-state index contributed by atoms with van der Waals surface area (Å²) in [5.41, 5.74) is 5.53. The molecule has 0 saturated carbocycles. The molecule has 3 heteroatoms. The third kappa shape index (κ3) is 2.72. The molecule has 0 unspecified atom stereocenters. The van der Waals surface area contributed by atoms with Crippen LogP contribution in [0.4, 0.5) is 0 Å². The summed E-state index contributed by atoms with van der Waals surface area (Å²) in [6.07, 6.45) is 0.160.